The van der Waals surface area contributed by atoms with E-state index >= 15 is 0 Å². The highest BCUT2D eigenvalue weighted by atomic mass is 32.1. The third-order valence-electron chi connectivity index (χ3n) is 6.62. The second kappa shape index (κ2) is 10.6. The van der Waals surface area contributed by atoms with E-state index in [4.69, 9.17) is 9.84 Å². The van der Waals surface area contributed by atoms with E-state index in [0.717, 1.165) is 10.6 Å². The Morgan fingerprint density at radius 2 is 1.93 bits per heavy atom. The van der Waals surface area contributed by atoms with Gasteiger partial charge < -0.3 is 4.74 Å². The van der Waals surface area contributed by atoms with E-state index in [-0.39, 0.29) is 11.2 Å². The number of rotatable bonds is 6. The minimum atomic E-state index is -0.677. The first-order valence-electron chi connectivity index (χ1n) is 12.4. The largest absolute Gasteiger partial charge is 0.466 e. The minimum Gasteiger partial charge on any atom is -0.466 e. The molecule has 5 aromatic rings. The van der Waals surface area contributed by atoms with Crippen LogP contribution in [0.2, 0.25) is 0 Å². The maximum Gasteiger partial charge on any atom is 0.338 e. The molecular weight excluding hydrogens is 562 g/mol. The Balaban J connectivity index is 1.57. The number of nitro benzene ring substituents is 1. The molecule has 2 aromatic carbocycles. The van der Waals surface area contributed by atoms with Gasteiger partial charge in [-0.2, -0.15) is 5.10 Å². The van der Waals surface area contributed by atoms with Crippen molar-refractivity contribution in [3.05, 3.63) is 130 Å². The van der Waals surface area contributed by atoms with Crippen LogP contribution in [0.3, 0.4) is 0 Å². The highest BCUT2D eigenvalue weighted by molar-refractivity contribution is 7.10. The molecule has 0 bridgehead atoms. The summed E-state index contributed by atoms with van der Waals surface area (Å²) in [6.45, 7) is 1.73. The second-order valence-corrected chi connectivity index (χ2v) is 11.1. The van der Waals surface area contributed by atoms with Crippen LogP contribution < -0.4 is 14.9 Å². The lowest BCUT2D eigenvalue weighted by atomic mass is 10.0. The van der Waals surface area contributed by atoms with Crippen molar-refractivity contribution < 1.29 is 14.5 Å². The van der Waals surface area contributed by atoms with E-state index in [1.165, 1.54) is 46.5 Å². The number of nitro groups is 1. The number of ether oxygens (including phenoxy) is 1. The molecule has 0 aliphatic carbocycles. The summed E-state index contributed by atoms with van der Waals surface area (Å²) in [6.07, 6.45) is 3.50. The number of hydrogen-bond acceptors (Lipinski definition) is 9. The summed E-state index contributed by atoms with van der Waals surface area (Å²) < 4.78 is 8.62. The van der Waals surface area contributed by atoms with Crippen molar-refractivity contribution in [3.63, 3.8) is 0 Å². The molecular formula is C29H21N5O5S2. The number of non-ortho nitro benzene ring substituents is 1. The third kappa shape index (κ3) is 4.72. The van der Waals surface area contributed by atoms with Crippen LogP contribution in [-0.4, -0.2) is 32.3 Å². The van der Waals surface area contributed by atoms with Crippen LogP contribution in [0.15, 0.2) is 99.4 Å². The Kier molecular flexibility index (Phi) is 6.77. The Hall–Kier alpha value is -4.94. The molecule has 6 rings (SSSR count). The van der Waals surface area contributed by atoms with Gasteiger partial charge in [-0.25, -0.2) is 14.5 Å². The Morgan fingerprint density at radius 3 is 2.63 bits per heavy atom. The van der Waals surface area contributed by atoms with Crippen LogP contribution in [-0.2, 0) is 9.53 Å². The van der Waals surface area contributed by atoms with Gasteiger partial charge in [-0.15, -0.1) is 11.3 Å². The number of carbonyl (C=O) groups is 1. The number of thiophene rings is 1. The molecule has 1 aliphatic rings. The zero-order valence-corrected chi connectivity index (χ0v) is 23.4. The molecule has 0 N–H and O–H groups in total. The van der Waals surface area contributed by atoms with Crippen LogP contribution >= 0.6 is 22.7 Å². The molecule has 3 aromatic heterocycles. The number of nitrogens with zero attached hydrogens (tertiary/aromatic N) is 5. The predicted octanol–water partition coefficient (Wildman–Crippen LogP) is 4.23. The molecule has 12 heteroatoms. The molecule has 0 unspecified atom stereocenters. The van der Waals surface area contributed by atoms with E-state index in [1.807, 2.05) is 47.8 Å². The van der Waals surface area contributed by atoms with Crippen molar-refractivity contribution in [1.29, 1.82) is 0 Å². The van der Waals surface area contributed by atoms with Crippen LogP contribution in [0.25, 0.3) is 23.0 Å². The summed E-state index contributed by atoms with van der Waals surface area (Å²) in [4.78, 5) is 43.6. The maximum absolute atomic E-state index is 14.0. The molecule has 0 saturated heterocycles. The molecule has 1 aliphatic heterocycles. The van der Waals surface area contributed by atoms with E-state index in [0.29, 0.717) is 37.4 Å². The van der Waals surface area contributed by atoms with Crippen molar-refractivity contribution >= 4 is 40.4 Å². The molecule has 4 heterocycles. The number of aromatic nitrogens is 3. The number of esters is 1. The minimum absolute atomic E-state index is 0.0659. The zero-order valence-electron chi connectivity index (χ0n) is 21.8. The SMILES string of the molecule is COC(=O)C1=C(C)N=c2s/c(=C\c3cn(-c4ccccc4)nc3-c3cccc([N+](=O)[O-])c3)c(=O)n2[C@H]1c1cccs1. The molecule has 0 radical (unpaired) electrons. The second-order valence-electron chi connectivity index (χ2n) is 9.11. The van der Waals surface area contributed by atoms with Crippen molar-refractivity contribution in [2.75, 3.05) is 7.11 Å². The number of thiazole rings is 1. The van der Waals surface area contributed by atoms with Crippen molar-refractivity contribution in [3.8, 4) is 16.9 Å². The third-order valence-corrected chi connectivity index (χ3v) is 8.53. The average Bonchev–Trinajstić information content (AvgIpc) is 3.73. The molecule has 204 valence electrons. The van der Waals surface area contributed by atoms with Gasteiger partial charge in [0.1, 0.15) is 11.7 Å². The smallest absolute Gasteiger partial charge is 0.338 e. The van der Waals surface area contributed by atoms with Crippen LogP contribution in [0, 0.1) is 10.1 Å². The Morgan fingerprint density at radius 1 is 1.12 bits per heavy atom. The topological polar surface area (TPSA) is 122 Å². The molecule has 0 saturated carbocycles. The lowest BCUT2D eigenvalue weighted by Gasteiger charge is -2.22. The first kappa shape index (κ1) is 26.3. The standard InChI is InChI=1S/C29H21N5O5S2/c1-17-24(28(36)39-2)26(22-12-7-13-40-22)33-27(35)23(41-29(33)30-17)15-19-16-32(20-9-4-3-5-10-20)31-25(19)18-8-6-11-21(14-18)34(37)38/h3-16,26H,1-2H3/b23-15-/t26-/m0/s1. The molecule has 0 fully saturated rings. The summed E-state index contributed by atoms with van der Waals surface area (Å²) >= 11 is 2.64. The van der Waals surface area contributed by atoms with E-state index in [2.05, 4.69) is 4.99 Å². The lowest BCUT2D eigenvalue weighted by molar-refractivity contribution is -0.384. The lowest BCUT2D eigenvalue weighted by Crippen LogP contribution is -2.39. The highest BCUT2D eigenvalue weighted by Crippen LogP contribution is 2.33. The summed E-state index contributed by atoms with van der Waals surface area (Å²) in [6, 6.07) is 18.7. The fourth-order valence-electron chi connectivity index (χ4n) is 4.75. The summed E-state index contributed by atoms with van der Waals surface area (Å²) in [5, 5.41) is 18.1. The van der Waals surface area contributed by atoms with Gasteiger partial charge in [0.25, 0.3) is 11.2 Å². The number of para-hydroxylation sites is 1. The molecule has 10 nitrogen and oxygen atoms in total. The molecule has 1 atom stereocenters. The molecule has 0 amide bonds. The van der Waals surface area contributed by atoms with Crippen LogP contribution in [0.4, 0.5) is 5.69 Å². The van der Waals surface area contributed by atoms with Crippen LogP contribution in [0.1, 0.15) is 23.4 Å². The summed E-state index contributed by atoms with van der Waals surface area (Å²) in [5.41, 5.74) is 2.80. The van der Waals surface area contributed by atoms with Crippen LogP contribution in [0.5, 0.6) is 0 Å². The van der Waals surface area contributed by atoms with Gasteiger partial charge in [0.05, 0.1) is 33.5 Å². The predicted molar refractivity (Wildman–Crippen MR) is 156 cm³/mol. The van der Waals surface area contributed by atoms with Crippen molar-refractivity contribution in [1.82, 2.24) is 14.3 Å². The Labute approximate surface area is 240 Å². The monoisotopic (exact) mass is 583 g/mol. The van der Waals surface area contributed by atoms with Gasteiger partial charge in [0, 0.05) is 34.3 Å². The number of benzene rings is 2. The van der Waals surface area contributed by atoms with Crippen molar-refractivity contribution in [2.45, 2.75) is 13.0 Å². The van der Waals surface area contributed by atoms with Gasteiger partial charge in [-0.1, -0.05) is 47.7 Å². The number of hydrogen-bond donors (Lipinski definition) is 0. The number of fused-ring (bicyclic) bond motifs is 1. The number of methoxy groups -OCH3 is 1. The van der Waals surface area contributed by atoms with Gasteiger partial charge >= 0.3 is 5.97 Å². The summed E-state index contributed by atoms with van der Waals surface area (Å²) in [7, 11) is 1.30. The fraction of sp³-hybridized carbons (Fsp3) is 0.103. The van der Waals surface area contributed by atoms with Gasteiger partial charge in [-0.05, 0) is 36.6 Å². The highest BCUT2D eigenvalue weighted by Gasteiger charge is 2.33. The van der Waals surface area contributed by atoms with E-state index < -0.39 is 16.9 Å². The summed E-state index contributed by atoms with van der Waals surface area (Å²) in [5.74, 6) is -0.545. The Bertz CT molecular complexity index is 2020. The first-order chi connectivity index (χ1) is 19.9. The van der Waals surface area contributed by atoms with E-state index in [1.54, 1.807) is 36.0 Å². The first-order valence-corrected chi connectivity index (χ1v) is 14.1. The van der Waals surface area contributed by atoms with Gasteiger partial charge in [0.2, 0.25) is 0 Å². The molecule has 0 spiro atoms. The van der Waals surface area contributed by atoms with Crippen molar-refractivity contribution in [2.24, 2.45) is 4.99 Å². The van der Waals surface area contributed by atoms with Gasteiger partial charge in [0.15, 0.2) is 4.80 Å². The zero-order chi connectivity index (χ0) is 28.7. The quantitative estimate of drug-likeness (QED) is 0.168. The number of carbonyl (C=O) groups excluding carboxylic acids is 1. The van der Waals surface area contributed by atoms with E-state index in [9.17, 15) is 19.7 Å². The number of allylic oxidation sites excluding steroid dienone is 1. The molecule has 41 heavy (non-hydrogen) atoms. The van der Waals surface area contributed by atoms with Gasteiger partial charge in [-0.3, -0.25) is 19.5 Å². The average molecular weight is 584 g/mol. The normalized spacial score (nSPS) is 15.0. The fourth-order valence-corrected chi connectivity index (χ4v) is 6.61. The maximum atomic E-state index is 14.0.